The van der Waals surface area contributed by atoms with Crippen LogP contribution >= 0.6 is 0 Å². The van der Waals surface area contributed by atoms with Crippen LogP contribution in [0.25, 0.3) is 0 Å². The molecule has 11 nitrogen and oxygen atoms in total. The highest BCUT2D eigenvalue weighted by molar-refractivity contribution is 7.91. The Hall–Kier alpha value is -2.25. The van der Waals surface area contributed by atoms with Gasteiger partial charge in [-0.05, 0) is 67.2 Å². The van der Waals surface area contributed by atoms with Gasteiger partial charge in [0.15, 0.2) is 0 Å². The minimum absolute atomic E-state index is 0.174. The number of piperidine rings is 1. The number of alkyl carbamates (subject to hydrolysis) is 1. The first-order chi connectivity index (χ1) is 17.3. The first-order valence-electron chi connectivity index (χ1n) is 13.0. The first-order valence-corrected chi connectivity index (χ1v) is 14.6. The molecule has 2 aliphatic rings. The second-order valence-corrected chi connectivity index (χ2v) is 14.4. The molecule has 2 aliphatic heterocycles. The van der Waals surface area contributed by atoms with Crippen LogP contribution in [0, 0.1) is 5.92 Å². The van der Waals surface area contributed by atoms with Crippen LogP contribution in [0.5, 0.6) is 0 Å². The summed E-state index contributed by atoms with van der Waals surface area (Å²) in [6.45, 7) is 17.1. The van der Waals surface area contributed by atoms with Crippen molar-refractivity contribution in [1.29, 1.82) is 0 Å². The van der Waals surface area contributed by atoms with Crippen LogP contribution < -0.4 is 10.8 Å². The molecule has 0 aromatic carbocycles. The van der Waals surface area contributed by atoms with Gasteiger partial charge in [0.05, 0.1) is 16.5 Å². The van der Waals surface area contributed by atoms with Crippen LogP contribution in [0.4, 0.5) is 4.79 Å². The molecule has 212 valence electrons. The first kappa shape index (κ1) is 30.3. The minimum atomic E-state index is -3.80. The third-order valence-corrected chi connectivity index (χ3v) is 9.29. The minimum Gasteiger partial charge on any atom is -0.444 e. The Kier molecular flexibility index (Phi) is 8.55. The topological polar surface area (TPSA) is 137 Å². The molecule has 0 bridgehead atoms. The molecular weight excluding hydrogens is 511 g/mol. The van der Waals surface area contributed by atoms with E-state index in [9.17, 15) is 18.0 Å². The largest absolute Gasteiger partial charge is 0.498 e. The van der Waals surface area contributed by atoms with Crippen molar-refractivity contribution in [2.24, 2.45) is 5.92 Å². The summed E-state index contributed by atoms with van der Waals surface area (Å²) in [5.74, 6) is -0.433. The van der Waals surface area contributed by atoms with Gasteiger partial charge in [0.25, 0.3) is 0 Å². The summed E-state index contributed by atoms with van der Waals surface area (Å²) in [4.78, 5) is 35.3. The summed E-state index contributed by atoms with van der Waals surface area (Å²) < 4.78 is 43.8. The van der Waals surface area contributed by atoms with Gasteiger partial charge in [-0.3, -0.25) is 4.79 Å². The number of hydrogen-bond acceptors (Lipinski definition) is 9. The number of aromatic nitrogens is 2. The van der Waals surface area contributed by atoms with E-state index in [0.717, 1.165) is 0 Å². The van der Waals surface area contributed by atoms with Gasteiger partial charge in [0.2, 0.25) is 20.9 Å². The summed E-state index contributed by atoms with van der Waals surface area (Å²) >= 11 is 0. The molecule has 0 radical (unpaired) electrons. The lowest BCUT2D eigenvalue weighted by molar-refractivity contribution is -0.135. The molecule has 1 N–H and O–H groups in total. The van der Waals surface area contributed by atoms with Crippen LogP contribution in [0.1, 0.15) is 75.2 Å². The number of nitrogens with zero attached hydrogens (tertiary/aromatic N) is 3. The van der Waals surface area contributed by atoms with Gasteiger partial charge in [0.1, 0.15) is 11.6 Å². The average molecular weight is 553 g/mol. The number of carbonyl (C=O) groups excluding carboxylic acids is 2. The molecule has 1 aromatic rings. The molecule has 0 aliphatic carbocycles. The number of carbonyl (C=O) groups is 2. The standard InChI is InChI=1S/C25H41BN4O7S/c1-16(2)19(29-22(32)35-23(3,4)5)20(31)30-12-10-18(11-13-30)38(33,34)21-27-14-17(15-28-21)26-36-24(6,7)25(8,9)37-26/h14-16,18-19H,10-13H2,1-9H3,(H,29,32)/t19-/m0/s1. The summed E-state index contributed by atoms with van der Waals surface area (Å²) in [5.41, 5.74) is -1.22. The van der Waals surface area contributed by atoms with Gasteiger partial charge in [-0.1, -0.05) is 13.8 Å². The smallest absolute Gasteiger partial charge is 0.444 e. The predicted molar refractivity (Wildman–Crippen MR) is 143 cm³/mol. The Morgan fingerprint density at radius 2 is 1.58 bits per heavy atom. The normalized spacial score (nSPS) is 20.9. The maximum Gasteiger partial charge on any atom is 0.498 e. The van der Waals surface area contributed by atoms with E-state index in [1.807, 2.05) is 41.5 Å². The average Bonchev–Trinajstić information content (AvgIpc) is 3.02. The zero-order valence-electron chi connectivity index (χ0n) is 23.9. The number of likely N-dealkylation sites (tertiary alicyclic amines) is 1. The molecule has 13 heteroatoms. The highest BCUT2D eigenvalue weighted by Gasteiger charge is 2.52. The lowest BCUT2D eigenvalue weighted by Crippen LogP contribution is -2.54. The fourth-order valence-electron chi connectivity index (χ4n) is 4.25. The Morgan fingerprint density at radius 1 is 1.08 bits per heavy atom. The SMILES string of the molecule is CC(C)[C@H](NC(=O)OC(C)(C)C)C(=O)N1CCC(S(=O)(=O)c2ncc(B3OC(C)(C)C(C)(C)O3)cn2)CC1. The Morgan fingerprint density at radius 3 is 2.03 bits per heavy atom. The van der Waals surface area contributed by atoms with Gasteiger partial charge in [-0.25, -0.2) is 23.2 Å². The van der Waals surface area contributed by atoms with Gasteiger partial charge >= 0.3 is 13.2 Å². The van der Waals surface area contributed by atoms with Crippen molar-refractivity contribution in [1.82, 2.24) is 20.2 Å². The lowest BCUT2D eigenvalue weighted by Gasteiger charge is -2.35. The van der Waals surface area contributed by atoms with E-state index in [-0.39, 0.29) is 42.9 Å². The fraction of sp³-hybridized carbons (Fsp3) is 0.760. The molecule has 0 saturated carbocycles. The maximum absolute atomic E-state index is 13.3. The maximum atomic E-state index is 13.3. The number of nitrogens with one attached hydrogen (secondary N) is 1. The van der Waals surface area contributed by atoms with Crippen molar-refractivity contribution < 1.29 is 32.1 Å². The lowest BCUT2D eigenvalue weighted by atomic mass is 9.81. The van der Waals surface area contributed by atoms with E-state index < -0.39 is 51.1 Å². The van der Waals surface area contributed by atoms with E-state index in [4.69, 9.17) is 14.0 Å². The van der Waals surface area contributed by atoms with Gasteiger partial charge in [0, 0.05) is 30.9 Å². The van der Waals surface area contributed by atoms with Crippen molar-refractivity contribution in [2.75, 3.05) is 13.1 Å². The van der Waals surface area contributed by atoms with Crippen LogP contribution in [0.15, 0.2) is 17.6 Å². The van der Waals surface area contributed by atoms with Crippen molar-refractivity contribution in [3.05, 3.63) is 12.4 Å². The molecule has 2 amide bonds. The molecule has 2 saturated heterocycles. The summed E-state index contributed by atoms with van der Waals surface area (Å²) in [7, 11) is -4.49. The van der Waals surface area contributed by atoms with Crippen molar-refractivity contribution in [2.45, 2.75) is 108 Å². The van der Waals surface area contributed by atoms with E-state index in [1.165, 1.54) is 12.4 Å². The quantitative estimate of drug-likeness (QED) is 0.415. The van der Waals surface area contributed by atoms with Crippen LogP contribution in [0.2, 0.25) is 0 Å². The van der Waals surface area contributed by atoms with Crippen molar-refractivity contribution in [3.8, 4) is 0 Å². The number of hydrogen-bond donors (Lipinski definition) is 1. The Bertz CT molecular complexity index is 1110. The summed E-state index contributed by atoms with van der Waals surface area (Å²) in [6, 6.07) is -0.774. The molecule has 3 heterocycles. The number of sulfone groups is 1. The second-order valence-electron chi connectivity index (χ2n) is 12.3. The summed E-state index contributed by atoms with van der Waals surface area (Å²) in [6.07, 6.45) is 2.68. The highest BCUT2D eigenvalue weighted by atomic mass is 32.2. The molecule has 1 atom stereocenters. The molecule has 1 aromatic heterocycles. The van der Waals surface area contributed by atoms with Crippen molar-refractivity contribution >= 4 is 34.4 Å². The molecule has 2 fully saturated rings. The molecule has 0 spiro atoms. The monoisotopic (exact) mass is 552 g/mol. The molecule has 0 unspecified atom stereocenters. The molecule has 38 heavy (non-hydrogen) atoms. The Balaban J connectivity index is 1.63. The van der Waals surface area contributed by atoms with E-state index in [0.29, 0.717) is 5.46 Å². The van der Waals surface area contributed by atoms with Gasteiger partial charge < -0.3 is 24.3 Å². The number of ether oxygens (including phenoxy) is 1. The van der Waals surface area contributed by atoms with Crippen LogP contribution in [-0.2, 0) is 28.7 Å². The second kappa shape index (κ2) is 10.7. The number of rotatable bonds is 6. The van der Waals surface area contributed by atoms with Gasteiger partial charge in [-0.15, -0.1) is 0 Å². The zero-order valence-corrected chi connectivity index (χ0v) is 24.7. The number of amides is 2. The fourth-order valence-corrected chi connectivity index (χ4v) is 5.78. The molecule has 3 rings (SSSR count). The Labute approximate surface area is 226 Å². The zero-order chi connectivity index (χ0) is 28.7. The third-order valence-electron chi connectivity index (χ3n) is 7.23. The van der Waals surface area contributed by atoms with E-state index >= 15 is 0 Å². The summed E-state index contributed by atoms with van der Waals surface area (Å²) in [5, 5.41) is 1.69. The van der Waals surface area contributed by atoms with E-state index in [1.54, 1.807) is 25.7 Å². The van der Waals surface area contributed by atoms with E-state index in [2.05, 4.69) is 15.3 Å². The molecular formula is C25H41BN4O7S. The predicted octanol–water partition coefficient (Wildman–Crippen LogP) is 2.09. The van der Waals surface area contributed by atoms with Crippen LogP contribution in [-0.4, -0.2) is 83.6 Å². The third kappa shape index (κ3) is 6.66. The van der Waals surface area contributed by atoms with Crippen molar-refractivity contribution in [3.63, 3.8) is 0 Å². The van der Waals surface area contributed by atoms with Crippen LogP contribution in [0.3, 0.4) is 0 Å². The highest BCUT2D eigenvalue weighted by Crippen LogP contribution is 2.36. The van der Waals surface area contributed by atoms with Gasteiger partial charge in [-0.2, -0.15) is 0 Å².